The Labute approximate surface area is 172 Å². The molecule has 1 aromatic carbocycles. The number of carbonyl (C=O) groups is 1. The van der Waals surface area contributed by atoms with Crippen molar-refractivity contribution in [3.8, 4) is 5.75 Å². The summed E-state index contributed by atoms with van der Waals surface area (Å²) in [6.07, 6.45) is 6.57. The van der Waals surface area contributed by atoms with Crippen LogP contribution in [0.15, 0.2) is 47.1 Å². The lowest BCUT2D eigenvalue weighted by atomic mass is 10.1. The van der Waals surface area contributed by atoms with Gasteiger partial charge in [-0.3, -0.25) is 4.79 Å². The first-order valence-electron chi connectivity index (χ1n) is 10.2. The van der Waals surface area contributed by atoms with Crippen LogP contribution in [0, 0.1) is 0 Å². The van der Waals surface area contributed by atoms with E-state index >= 15 is 0 Å². The van der Waals surface area contributed by atoms with Crippen molar-refractivity contribution in [2.45, 2.75) is 51.6 Å². The average molecular weight is 420 g/mol. The molecule has 1 atom stereocenters. The van der Waals surface area contributed by atoms with Crippen molar-refractivity contribution in [1.82, 2.24) is 4.90 Å². The third kappa shape index (κ3) is 6.10. The molecular formula is C22H29NO5S. The quantitative estimate of drug-likeness (QED) is 0.543. The molecular weight excluding hydrogens is 390 g/mol. The second-order valence-corrected chi connectivity index (χ2v) is 9.73. The molecule has 0 bridgehead atoms. The molecule has 2 aromatic rings. The van der Waals surface area contributed by atoms with E-state index in [1.807, 2.05) is 0 Å². The fourth-order valence-electron chi connectivity index (χ4n) is 3.54. The van der Waals surface area contributed by atoms with Crippen LogP contribution < -0.4 is 4.74 Å². The predicted octanol–water partition coefficient (Wildman–Crippen LogP) is 4.07. The van der Waals surface area contributed by atoms with Gasteiger partial charge in [0.2, 0.25) is 0 Å². The molecule has 0 unspecified atom stereocenters. The van der Waals surface area contributed by atoms with Gasteiger partial charge < -0.3 is 14.1 Å². The highest BCUT2D eigenvalue weighted by molar-refractivity contribution is 7.91. The van der Waals surface area contributed by atoms with Crippen LogP contribution >= 0.6 is 0 Å². The Balaban J connectivity index is 1.67. The third-order valence-corrected chi connectivity index (χ3v) is 6.93. The smallest absolute Gasteiger partial charge is 0.254 e. The van der Waals surface area contributed by atoms with E-state index in [-0.39, 0.29) is 30.0 Å². The van der Waals surface area contributed by atoms with Crippen LogP contribution in [0.1, 0.15) is 55.1 Å². The summed E-state index contributed by atoms with van der Waals surface area (Å²) in [5.74, 6) is 1.29. The minimum atomic E-state index is -3.10. The van der Waals surface area contributed by atoms with Crippen molar-refractivity contribution in [3.05, 3.63) is 54.0 Å². The van der Waals surface area contributed by atoms with Gasteiger partial charge in [0, 0.05) is 11.6 Å². The van der Waals surface area contributed by atoms with E-state index in [0.29, 0.717) is 24.4 Å². The molecule has 0 aliphatic carbocycles. The lowest BCUT2D eigenvalue weighted by Gasteiger charge is -2.27. The Morgan fingerprint density at radius 2 is 1.97 bits per heavy atom. The summed E-state index contributed by atoms with van der Waals surface area (Å²) in [6.45, 7) is 3.09. The van der Waals surface area contributed by atoms with Crippen LogP contribution in [0.5, 0.6) is 5.75 Å². The number of rotatable bonds is 10. The van der Waals surface area contributed by atoms with Gasteiger partial charge in [-0.2, -0.15) is 0 Å². The summed E-state index contributed by atoms with van der Waals surface area (Å²) in [5, 5.41) is 0. The summed E-state index contributed by atoms with van der Waals surface area (Å²) < 4.78 is 35.0. The maximum atomic E-state index is 13.2. The van der Waals surface area contributed by atoms with Crippen LogP contribution in [0.25, 0.3) is 0 Å². The average Bonchev–Trinajstić information content (AvgIpc) is 3.35. The predicted molar refractivity (Wildman–Crippen MR) is 112 cm³/mol. The number of sulfone groups is 1. The van der Waals surface area contributed by atoms with E-state index < -0.39 is 9.84 Å². The van der Waals surface area contributed by atoms with Gasteiger partial charge in [0.05, 0.1) is 30.9 Å². The number of ether oxygens (including phenoxy) is 1. The van der Waals surface area contributed by atoms with E-state index in [4.69, 9.17) is 9.15 Å². The third-order valence-electron chi connectivity index (χ3n) is 5.18. The number of hydrogen-bond donors (Lipinski definition) is 0. The molecule has 1 saturated heterocycles. The van der Waals surface area contributed by atoms with Crippen molar-refractivity contribution in [2.75, 3.05) is 18.1 Å². The number of amides is 1. The molecule has 3 rings (SSSR count). The maximum absolute atomic E-state index is 13.2. The Morgan fingerprint density at radius 3 is 2.59 bits per heavy atom. The van der Waals surface area contributed by atoms with E-state index in [2.05, 4.69) is 6.92 Å². The molecule has 1 aromatic heterocycles. The van der Waals surface area contributed by atoms with Crippen molar-refractivity contribution in [1.29, 1.82) is 0 Å². The highest BCUT2D eigenvalue weighted by Crippen LogP contribution is 2.23. The van der Waals surface area contributed by atoms with Crippen molar-refractivity contribution in [2.24, 2.45) is 0 Å². The Bertz CT molecular complexity index is 874. The summed E-state index contributed by atoms with van der Waals surface area (Å²) in [6, 6.07) is 10.3. The number of nitrogens with zero attached hydrogens (tertiary/aromatic N) is 1. The van der Waals surface area contributed by atoms with Gasteiger partial charge in [-0.15, -0.1) is 0 Å². The highest BCUT2D eigenvalue weighted by atomic mass is 32.2. The fourth-order valence-corrected chi connectivity index (χ4v) is 5.27. The molecule has 1 amide bonds. The van der Waals surface area contributed by atoms with Gasteiger partial charge in [-0.1, -0.05) is 26.2 Å². The van der Waals surface area contributed by atoms with Crippen LogP contribution in [0.3, 0.4) is 0 Å². The zero-order valence-corrected chi connectivity index (χ0v) is 17.7. The van der Waals surface area contributed by atoms with Gasteiger partial charge in [-0.05, 0) is 49.2 Å². The lowest BCUT2D eigenvalue weighted by Crippen LogP contribution is -2.40. The van der Waals surface area contributed by atoms with Gasteiger partial charge in [0.15, 0.2) is 9.84 Å². The zero-order valence-electron chi connectivity index (χ0n) is 16.9. The number of carbonyl (C=O) groups excluding carboxylic acids is 1. The Kier molecular flexibility index (Phi) is 7.36. The van der Waals surface area contributed by atoms with Crippen LogP contribution in [0.4, 0.5) is 0 Å². The van der Waals surface area contributed by atoms with Crippen LogP contribution in [-0.2, 0) is 16.4 Å². The van der Waals surface area contributed by atoms with E-state index in [1.165, 1.54) is 12.8 Å². The molecule has 1 aliphatic rings. The fraction of sp³-hybridized carbons (Fsp3) is 0.500. The van der Waals surface area contributed by atoms with E-state index in [9.17, 15) is 13.2 Å². The number of hydrogen-bond acceptors (Lipinski definition) is 5. The monoisotopic (exact) mass is 419 g/mol. The maximum Gasteiger partial charge on any atom is 0.254 e. The van der Waals surface area contributed by atoms with Crippen LogP contribution in [0.2, 0.25) is 0 Å². The highest BCUT2D eigenvalue weighted by Gasteiger charge is 2.35. The molecule has 0 radical (unpaired) electrons. The van der Waals surface area contributed by atoms with Gasteiger partial charge in [0.1, 0.15) is 11.5 Å². The summed E-state index contributed by atoms with van der Waals surface area (Å²) >= 11 is 0. The molecule has 6 nitrogen and oxygen atoms in total. The van der Waals surface area contributed by atoms with Gasteiger partial charge >= 0.3 is 0 Å². The largest absolute Gasteiger partial charge is 0.494 e. The number of furan rings is 1. The van der Waals surface area contributed by atoms with Gasteiger partial charge in [-0.25, -0.2) is 8.42 Å². The minimum absolute atomic E-state index is 0.00158. The summed E-state index contributed by atoms with van der Waals surface area (Å²) in [4.78, 5) is 14.8. The number of benzene rings is 1. The molecule has 7 heteroatoms. The standard InChI is InChI=1S/C22H29NO5S/c1-2-3-4-5-13-27-20-10-8-18(9-11-20)22(24)23(16-21-7-6-14-28-21)19-12-15-29(25,26)17-19/h6-11,14,19H,2-5,12-13,15-17H2,1H3/t19-/m0/s1. The summed E-state index contributed by atoms with van der Waals surface area (Å²) in [7, 11) is -3.10. The second-order valence-electron chi connectivity index (χ2n) is 7.50. The first kappa shape index (κ1) is 21.4. The molecule has 29 heavy (non-hydrogen) atoms. The molecule has 0 N–H and O–H groups in total. The lowest BCUT2D eigenvalue weighted by molar-refractivity contribution is 0.0666. The van der Waals surface area contributed by atoms with Gasteiger partial charge in [0.25, 0.3) is 5.91 Å². The Morgan fingerprint density at radius 1 is 1.17 bits per heavy atom. The van der Waals surface area contributed by atoms with Crippen LogP contribution in [-0.4, -0.2) is 43.4 Å². The SMILES string of the molecule is CCCCCCOc1ccc(C(=O)N(Cc2ccco2)[C@H]2CCS(=O)(=O)C2)cc1. The summed E-state index contributed by atoms with van der Waals surface area (Å²) in [5.41, 5.74) is 0.513. The molecule has 1 fully saturated rings. The van der Waals surface area contributed by atoms with E-state index in [1.54, 1.807) is 47.6 Å². The Hall–Kier alpha value is -2.28. The molecule has 1 aliphatic heterocycles. The molecule has 2 heterocycles. The first-order chi connectivity index (χ1) is 14.0. The van der Waals surface area contributed by atoms with E-state index in [0.717, 1.165) is 18.6 Å². The second kappa shape index (κ2) is 9.96. The normalized spacial score (nSPS) is 17.9. The van der Waals surface area contributed by atoms with Crippen molar-refractivity contribution >= 4 is 15.7 Å². The molecule has 158 valence electrons. The number of unbranched alkanes of at least 4 members (excludes halogenated alkanes) is 3. The molecule has 0 saturated carbocycles. The topological polar surface area (TPSA) is 76.8 Å². The molecule has 0 spiro atoms. The first-order valence-corrected chi connectivity index (χ1v) is 12.1. The van der Waals surface area contributed by atoms with Crippen molar-refractivity contribution in [3.63, 3.8) is 0 Å². The minimum Gasteiger partial charge on any atom is -0.494 e. The zero-order chi connectivity index (χ0) is 20.7. The van der Waals surface area contributed by atoms with Crippen molar-refractivity contribution < 1.29 is 22.4 Å².